The Kier molecular flexibility index (Phi) is 4.36. The highest BCUT2D eigenvalue weighted by molar-refractivity contribution is 7.90. The Morgan fingerprint density at radius 3 is 2.40 bits per heavy atom. The van der Waals surface area contributed by atoms with Crippen LogP contribution in [0.3, 0.4) is 0 Å². The Balaban J connectivity index is 2.51. The summed E-state index contributed by atoms with van der Waals surface area (Å²) in [5, 5.41) is -0.489. The van der Waals surface area contributed by atoms with Gasteiger partial charge in [0.1, 0.15) is 5.21 Å². The van der Waals surface area contributed by atoms with E-state index in [1.807, 2.05) is 0 Å². The molecule has 7 heteroatoms. The van der Waals surface area contributed by atoms with Crippen LogP contribution in [0.2, 0.25) is 0 Å². The molecule has 0 bridgehead atoms. The van der Waals surface area contributed by atoms with Gasteiger partial charge in [-0.3, -0.25) is 4.79 Å². The van der Waals surface area contributed by atoms with Crippen LogP contribution in [0.4, 0.5) is 0 Å². The quantitative estimate of drug-likeness (QED) is 0.667. The highest BCUT2D eigenvalue weighted by atomic mass is 35.5. The number of carbonyl (C=O) groups excluding carboxylic acids is 1. The SMILES string of the molecule is CN(CC(=O)N1CCCC1)S(=O)(=O)CCl. The van der Waals surface area contributed by atoms with Gasteiger partial charge >= 0.3 is 0 Å². The van der Waals surface area contributed by atoms with Crippen LogP contribution in [0.1, 0.15) is 12.8 Å². The van der Waals surface area contributed by atoms with Gasteiger partial charge in [-0.05, 0) is 12.8 Å². The van der Waals surface area contributed by atoms with E-state index in [1.165, 1.54) is 7.05 Å². The molecular formula is C8H15ClN2O3S. The molecule has 1 heterocycles. The minimum atomic E-state index is -3.47. The minimum absolute atomic E-state index is 0.116. The third kappa shape index (κ3) is 3.32. The molecule has 0 atom stereocenters. The van der Waals surface area contributed by atoms with Gasteiger partial charge in [-0.1, -0.05) is 0 Å². The average Bonchev–Trinajstić information content (AvgIpc) is 2.70. The lowest BCUT2D eigenvalue weighted by atomic mass is 10.4. The molecule has 0 aromatic rings. The van der Waals surface area contributed by atoms with Crippen LogP contribution in [0.25, 0.3) is 0 Å². The van der Waals surface area contributed by atoms with E-state index in [0.29, 0.717) is 0 Å². The van der Waals surface area contributed by atoms with Crippen LogP contribution in [0.15, 0.2) is 0 Å². The van der Waals surface area contributed by atoms with Gasteiger partial charge in [0.25, 0.3) is 0 Å². The molecule has 0 aliphatic carbocycles. The van der Waals surface area contributed by atoms with Crippen LogP contribution < -0.4 is 0 Å². The first-order chi connectivity index (χ1) is 6.97. The van der Waals surface area contributed by atoms with E-state index in [4.69, 9.17) is 11.6 Å². The number of amides is 1. The van der Waals surface area contributed by atoms with Gasteiger partial charge in [0.15, 0.2) is 0 Å². The van der Waals surface area contributed by atoms with E-state index >= 15 is 0 Å². The molecule has 88 valence electrons. The van der Waals surface area contributed by atoms with Gasteiger partial charge in [0.05, 0.1) is 6.54 Å². The molecule has 0 radical (unpaired) electrons. The topological polar surface area (TPSA) is 57.7 Å². The highest BCUT2D eigenvalue weighted by Gasteiger charge is 2.24. The van der Waals surface area contributed by atoms with Gasteiger partial charge < -0.3 is 4.90 Å². The molecule has 0 aromatic carbocycles. The van der Waals surface area contributed by atoms with Crippen LogP contribution in [0.5, 0.6) is 0 Å². The van der Waals surface area contributed by atoms with Crippen LogP contribution in [-0.4, -0.2) is 55.4 Å². The fourth-order valence-electron chi connectivity index (χ4n) is 1.44. The van der Waals surface area contributed by atoms with E-state index < -0.39 is 15.2 Å². The molecule has 0 unspecified atom stereocenters. The number of alkyl halides is 1. The fourth-order valence-corrected chi connectivity index (χ4v) is 2.41. The number of nitrogens with zero attached hydrogens (tertiary/aromatic N) is 2. The van der Waals surface area contributed by atoms with Crippen LogP contribution >= 0.6 is 11.6 Å². The molecule has 0 spiro atoms. The standard InChI is InChI=1S/C8H15ClN2O3S/c1-10(15(13,14)7-9)6-8(12)11-4-2-3-5-11/h2-7H2,1H3. The summed E-state index contributed by atoms with van der Waals surface area (Å²) in [6.07, 6.45) is 2.00. The van der Waals surface area contributed by atoms with Crippen molar-refractivity contribution in [3.8, 4) is 0 Å². The van der Waals surface area contributed by atoms with Crippen molar-refractivity contribution in [1.82, 2.24) is 9.21 Å². The van der Waals surface area contributed by atoms with Crippen LogP contribution in [0, 0.1) is 0 Å². The van der Waals surface area contributed by atoms with Gasteiger partial charge in [-0.15, -0.1) is 11.6 Å². The van der Waals surface area contributed by atoms with Crippen molar-refractivity contribution in [2.75, 3.05) is 31.9 Å². The summed E-state index contributed by atoms with van der Waals surface area (Å²) < 4.78 is 23.5. The zero-order valence-electron chi connectivity index (χ0n) is 8.65. The normalized spacial score (nSPS) is 17.4. The largest absolute Gasteiger partial charge is 0.342 e. The second-order valence-corrected chi connectivity index (χ2v) is 6.22. The number of likely N-dealkylation sites (tertiary alicyclic amines) is 1. The first kappa shape index (κ1) is 12.7. The van der Waals surface area contributed by atoms with Gasteiger partial charge in [-0.25, -0.2) is 8.42 Å². The maximum atomic E-state index is 11.6. The van der Waals surface area contributed by atoms with E-state index in [-0.39, 0.29) is 12.5 Å². The molecule has 1 aliphatic rings. The first-order valence-corrected chi connectivity index (χ1v) is 6.89. The molecule has 1 saturated heterocycles. The Morgan fingerprint density at radius 1 is 1.40 bits per heavy atom. The van der Waals surface area contributed by atoms with Crippen molar-refractivity contribution in [2.45, 2.75) is 12.8 Å². The van der Waals surface area contributed by atoms with Crippen molar-refractivity contribution < 1.29 is 13.2 Å². The molecular weight excluding hydrogens is 240 g/mol. The van der Waals surface area contributed by atoms with Crippen molar-refractivity contribution in [3.63, 3.8) is 0 Å². The Hall–Kier alpha value is -0.330. The predicted octanol–water partition coefficient (Wildman–Crippen LogP) is 0.0667. The second-order valence-electron chi connectivity index (χ2n) is 3.56. The van der Waals surface area contributed by atoms with E-state index in [2.05, 4.69) is 0 Å². The molecule has 0 N–H and O–H groups in total. The molecule has 15 heavy (non-hydrogen) atoms. The van der Waals surface area contributed by atoms with E-state index in [9.17, 15) is 13.2 Å². The first-order valence-electron chi connectivity index (χ1n) is 4.75. The Labute approximate surface area is 95.0 Å². The van der Waals surface area contributed by atoms with E-state index in [1.54, 1.807) is 4.90 Å². The molecule has 0 aromatic heterocycles. The summed E-state index contributed by atoms with van der Waals surface area (Å²) >= 11 is 5.28. The Bertz CT molecular complexity index is 325. The summed E-state index contributed by atoms with van der Waals surface area (Å²) in [6, 6.07) is 0. The molecule has 1 fully saturated rings. The average molecular weight is 255 g/mol. The van der Waals surface area contributed by atoms with Gasteiger partial charge in [0.2, 0.25) is 15.9 Å². The monoisotopic (exact) mass is 254 g/mol. The number of sulfonamides is 1. The van der Waals surface area contributed by atoms with Crippen molar-refractivity contribution in [2.24, 2.45) is 0 Å². The molecule has 0 saturated carbocycles. The number of halogens is 1. The number of hydrogen-bond donors (Lipinski definition) is 0. The van der Waals surface area contributed by atoms with Crippen molar-refractivity contribution in [1.29, 1.82) is 0 Å². The van der Waals surface area contributed by atoms with E-state index in [0.717, 1.165) is 30.2 Å². The summed E-state index contributed by atoms with van der Waals surface area (Å²) in [4.78, 5) is 13.3. The zero-order chi connectivity index (χ0) is 11.5. The summed E-state index contributed by atoms with van der Waals surface area (Å²) in [5.41, 5.74) is 0. The lowest BCUT2D eigenvalue weighted by Gasteiger charge is -2.20. The number of rotatable bonds is 4. The third-order valence-corrected chi connectivity index (χ3v) is 4.61. The van der Waals surface area contributed by atoms with Crippen molar-refractivity contribution >= 4 is 27.5 Å². The molecule has 1 rings (SSSR count). The maximum Gasteiger partial charge on any atom is 0.237 e. The molecule has 5 nitrogen and oxygen atoms in total. The summed E-state index contributed by atoms with van der Waals surface area (Å²) in [5.74, 6) is -0.149. The smallest absolute Gasteiger partial charge is 0.237 e. The third-order valence-electron chi connectivity index (χ3n) is 2.43. The molecule has 1 amide bonds. The van der Waals surface area contributed by atoms with Crippen molar-refractivity contribution in [3.05, 3.63) is 0 Å². The number of likely N-dealkylation sites (N-methyl/N-ethyl adjacent to an activating group) is 1. The van der Waals surface area contributed by atoms with Gasteiger partial charge in [-0.2, -0.15) is 4.31 Å². The van der Waals surface area contributed by atoms with Gasteiger partial charge in [0, 0.05) is 20.1 Å². The fraction of sp³-hybridized carbons (Fsp3) is 0.875. The highest BCUT2D eigenvalue weighted by Crippen LogP contribution is 2.09. The Morgan fingerprint density at radius 2 is 1.93 bits per heavy atom. The second kappa shape index (κ2) is 5.14. The maximum absolute atomic E-state index is 11.6. The lowest BCUT2D eigenvalue weighted by molar-refractivity contribution is -0.130. The molecule has 1 aliphatic heterocycles. The summed E-state index contributed by atoms with van der Waals surface area (Å²) in [6.45, 7) is 1.34. The minimum Gasteiger partial charge on any atom is -0.342 e. The predicted molar refractivity (Wildman–Crippen MR) is 58.1 cm³/mol. The zero-order valence-corrected chi connectivity index (χ0v) is 10.2. The number of carbonyl (C=O) groups is 1. The summed E-state index contributed by atoms with van der Waals surface area (Å²) in [7, 11) is -2.10. The van der Waals surface area contributed by atoms with Crippen LogP contribution in [-0.2, 0) is 14.8 Å². The number of hydrogen-bond acceptors (Lipinski definition) is 3. The lowest BCUT2D eigenvalue weighted by Crippen LogP contribution is -2.40.